The Morgan fingerprint density at radius 3 is 2.47 bits per heavy atom. The number of fused-ring (bicyclic) bond motifs is 2. The van der Waals surface area contributed by atoms with Gasteiger partial charge in [-0.15, -0.1) is 10.2 Å². The molecule has 1 aromatic heterocycles. The van der Waals surface area contributed by atoms with Crippen molar-refractivity contribution in [1.82, 2.24) is 15.1 Å². The Morgan fingerprint density at radius 2 is 1.72 bits per heavy atom. The molecule has 0 bridgehead atoms. The van der Waals surface area contributed by atoms with Crippen LogP contribution in [-0.2, 0) is 0 Å². The van der Waals surface area contributed by atoms with Crippen molar-refractivity contribution in [3.63, 3.8) is 0 Å². The molecule has 1 saturated heterocycles. The second-order valence-corrected chi connectivity index (χ2v) is 9.02. The molecule has 0 radical (unpaired) electrons. The molecule has 0 spiro atoms. The number of para-hydroxylation sites is 1. The second-order valence-electron chi connectivity index (χ2n) is 9.02. The largest absolute Gasteiger partial charge is 0.421 e. The molecule has 4 aromatic rings. The lowest BCUT2D eigenvalue weighted by Gasteiger charge is -2.41. The summed E-state index contributed by atoms with van der Waals surface area (Å²) in [6.45, 7) is 4.84. The van der Waals surface area contributed by atoms with Crippen LogP contribution in [0.4, 0.5) is 11.4 Å². The molecule has 178 valence electrons. The van der Waals surface area contributed by atoms with Gasteiger partial charge in [-0.25, -0.2) is 0 Å². The Kier molecular flexibility index (Phi) is 5.47. The quantitative estimate of drug-likeness (QED) is 0.468. The monoisotopic (exact) mass is 476 g/mol. The van der Waals surface area contributed by atoms with E-state index in [1.807, 2.05) is 54.6 Å². The Balaban J connectivity index is 1.28. The van der Waals surface area contributed by atoms with Crippen molar-refractivity contribution in [1.29, 1.82) is 5.26 Å². The van der Waals surface area contributed by atoms with Crippen LogP contribution in [0.15, 0.2) is 71.1 Å². The molecule has 2 aliphatic heterocycles. The molecule has 2 aliphatic rings. The van der Waals surface area contributed by atoms with Gasteiger partial charge in [0.1, 0.15) is 6.07 Å². The van der Waals surface area contributed by atoms with E-state index in [9.17, 15) is 10.1 Å². The molecule has 8 nitrogen and oxygen atoms in total. The number of hydrogen-bond donors (Lipinski definition) is 1. The number of aryl methyl sites for hydroxylation is 1. The van der Waals surface area contributed by atoms with Crippen LogP contribution < -0.4 is 10.2 Å². The van der Waals surface area contributed by atoms with Crippen molar-refractivity contribution in [3.05, 3.63) is 94.9 Å². The minimum Gasteiger partial charge on any atom is -0.421 e. The molecule has 1 fully saturated rings. The van der Waals surface area contributed by atoms with Crippen LogP contribution in [0.1, 0.15) is 39.0 Å². The number of nitrogens with one attached hydrogen (secondary N) is 1. The number of benzene rings is 3. The smallest absolute Gasteiger partial charge is 0.256 e. The molecule has 0 aliphatic carbocycles. The number of aromatic nitrogens is 2. The summed E-state index contributed by atoms with van der Waals surface area (Å²) in [4.78, 5) is 17.6. The lowest BCUT2D eigenvalue weighted by molar-refractivity contribution is 0.102. The molecule has 0 saturated carbocycles. The summed E-state index contributed by atoms with van der Waals surface area (Å²) >= 11 is 0. The predicted octanol–water partition coefficient (Wildman–Crippen LogP) is 4.39. The highest BCUT2D eigenvalue weighted by Gasteiger charge is 2.33. The summed E-state index contributed by atoms with van der Waals surface area (Å²) in [5.41, 5.74) is 5.89. The number of anilines is 2. The first-order valence-electron chi connectivity index (χ1n) is 11.9. The Morgan fingerprint density at radius 1 is 0.972 bits per heavy atom. The van der Waals surface area contributed by atoms with Crippen LogP contribution in [0.3, 0.4) is 0 Å². The molecule has 3 heterocycles. The van der Waals surface area contributed by atoms with Crippen LogP contribution >= 0.6 is 0 Å². The summed E-state index contributed by atoms with van der Waals surface area (Å²) in [5.74, 6) is 0.825. The van der Waals surface area contributed by atoms with Gasteiger partial charge < -0.3 is 14.6 Å². The molecule has 3 aromatic carbocycles. The van der Waals surface area contributed by atoms with Crippen molar-refractivity contribution >= 4 is 17.3 Å². The molecule has 8 heteroatoms. The molecular weight excluding hydrogens is 452 g/mol. The topological polar surface area (TPSA) is 98.3 Å². The molecule has 6 rings (SSSR count). The lowest BCUT2D eigenvalue weighted by Crippen LogP contribution is -2.48. The van der Waals surface area contributed by atoms with Gasteiger partial charge in [-0.05, 0) is 41.5 Å². The number of carbonyl (C=O) groups excluding carboxylic acids is 1. The van der Waals surface area contributed by atoms with Gasteiger partial charge in [-0.2, -0.15) is 5.26 Å². The Hall–Kier alpha value is -4.48. The number of carbonyl (C=O) groups is 1. The number of nitrogens with zero attached hydrogens (tertiary/aromatic N) is 5. The van der Waals surface area contributed by atoms with E-state index in [1.165, 1.54) is 0 Å². The van der Waals surface area contributed by atoms with Crippen molar-refractivity contribution in [2.75, 3.05) is 36.4 Å². The van der Waals surface area contributed by atoms with Gasteiger partial charge in [0.2, 0.25) is 11.8 Å². The van der Waals surface area contributed by atoms with Crippen molar-refractivity contribution in [3.8, 4) is 17.5 Å². The number of nitriles is 1. The highest BCUT2D eigenvalue weighted by molar-refractivity contribution is 6.07. The van der Waals surface area contributed by atoms with E-state index in [2.05, 4.69) is 43.5 Å². The van der Waals surface area contributed by atoms with Gasteiger partial charge in [-0.1, -0.05) is 36.4 Å². The van der Waals surface area contributed by atoms with Gasteiger partial charge in [0, 0.05) is 49.9 Å². The van der Waals surface area contributed by atoms with E-state index in [4.69, 9.17) is 4.42 Å². The maximum atomic E-state index is 13.0. The fourth-order valence-electron chi connectivity index (χ4n) is 5.21. The maximum Gasteiger partial charge on any atom is 0.256 e. The van der Waals surface area contributed by atoms with Crippen molar-refractivity contribution in [2.45, 2.75) is 13.0 Å². The number of amides is 1. The first-order valence-corrected chi connectivity index (χ1v) is 11.9. The zero-order chi connectivity index (χ0) is 24.6. The van der Waals surface area contributed by atoms with E-state index in [0.29, 0.717) is 22.9 Å². The van der Waals surface area contributed by atoms with E-state index in [0.717, 1.165) is 54.2 Å². The fourth-order valence-corrected chi connectivity index (χ4v) is 5.21. The first kappa shape index (κ1) is 22.0. The summed E-state index contributed by atoms with van der Waals surface area (Å²) in [5, 5.41) is 20.9. The van der Waals surface area contributed by atoms with Gasteiger partial charge in [0.15, 0.2) is 0 Å². The molecule has 1 atom stereocenters. The number of hydrogen-bond acceptors (Lipinski definition) is 7. The summed E-state index contributed by atoms with van der Waals surface area (Å²) in [6, 6.07) is 23.9. The third kappa shape index (κ3) is 3.80. The molecule has 1 N–H and O–H groups in total. The SMILES string of the molecule is Cc1nnc(-c2ccc(N3CCN(C4c5ccccc5NC(=O)c5ccccc54)CC3)c(C#N)c2)o1. The van der Waals surface area contributed by atoms with E-state index >= 15 is 0 Å². The minimum absolute atomic E-state index is 0.0305. The summed E-state index contributed by atoms with van der Waals surface area (Å²) in [6.07, 6.45) is 0. The zero-order valence-electron chi connectivity index (χ0n) is 19.8. The number of piperazine rings is 1. The molecule has 36 heavy (non-hydrogen) atoms. The van der Waals surface area contributed by atoms with Gasteiger partial charge >= 0.3 is 0 Å². The van der Waals surface area contributed by atoms with Gasteiger partial charge in [-0.3, -0.25) is 9.69 Å². The van der Waals surface area contributed by atoms with Gasteiger partial charge in [0.25, 0.3) is 5.91 Å². The van der Waals surface area contributed by atoms with E-state index in [1.54, 1.807) is 6.92 Å². The van der Waals surface area contributed by atoms with Crippen LogP contribution in [0, 0.1) is 18.3 Å². The minimum atomic E-state index is -0.0746. The van der Waals surface area contributed by atoms with Crippen LogP contribution in [0.2, 0.25) is 0 Å². The third-order valence-corrected chi connectivity index (χ3v) is 6.91. The van der Waals surface area contributed by atoms with Gasteiger partial charge in [0.05, 0.1) is 17.3 Å². The standard InChI is InChI=1S/C28H24N6O2/c1-18-31-32-28(36-18)19-10-11-25(20(16-19)17-29)33-12-14-34(15-13-33)26-21-6-2-3-7-22(21)27(35)30-24-9-5-4-8-23(24)26/h2-11,16,26H,12-15H2,1H3,(H,30,35). The third-order valence-electron chi connectivity index (χ3n) is 6.91. The molecule has 1 unspecified atom stereocenters. The Labute approximate surface area is 208 Å². The van der Waals surface area contributed by atoms with E-state index < -0.39 is 0 Å². The predicted molar refractivity (Wildman–Crippen MR) is 136 cm³/mol. The lowest BCUT2D eigenvalue weighted by atomic mass is 9.93. The normalized spacial score (nSPS) is 17.5. The second kappa shape index (κ2) is 8.95. The highest BCUT2D eigenvalue weighted by Crippen LogP contribution is 2.39. The van der Waals surface area contributed by atoms with Crippen molar-refractivity contribution in [2.24, 2.45) is 0 Å². The maximum absolute atomic E-state index is 13.0. The van der Waals surface area contributed by atoms with Crippen LogP contribution in [0.25, 0.3) is 11.5 Å². The average molecular weight is 477 g/mol. The first-order chi connectivity index (χ1) is 17.6. The van der Waals surface area contributed by atoms with Crippen LogP contribution in [-0.4, -0.2) is 47.2 Å². The average Bonchev–Trinajstić information content (AvgIpc) is 3.31. The summed E-state index contributed by atoms with van der Waals surface area (Å²) < 4.78 is 5.53. The highest BCUT2D eigenvalue weighted by atomic mass is 16.4. The fraction of sp³-hybridized carbons (Fsp3) is 0.214. The van der Waals surface area contributed by atoms with Crippen molar-refractivity contribution < 1.29 is 9.21 Å². The molecule has 1 amide bonds. The van der Waals surface area contributed by atoms with Crippen LogP contribution in [0.5, 0.6) is 0 Å². The summed E-state index contributed by atoms with van der Waals surface area (Å²) in [7, 11) is 0. The number of rotatable bonds is 3. The molecular formula is C28H24N6O2. The zero-order valence-corrected chi connectivity index (χ0v) is 19.8. The van der Waals surface area contributed by atoms with E-state index in [-0.39, 0.29) is 11.9 Å². The Bertz CT molecular complexity index is 1500.